The number of rotatable bonds is 8. The van der Waals surface area contributed by atoms with Crippen LogP contribution in [0.4, 0.5) is 0 Å². The fraction of sp³-hybridized carbons (Fsp3) is 0.242. The molecule has 1 saturated carbocycles. The topological polar surface area (TPSA) is 123 Å². The number of hydrogen-bond acceptors (Lipinski definition) is 8. The molecule has 8 nitrogen and oxygen atoms in total. The Bertz CT molecular complexity index is 2150. The maximum Gasteiger partial charge on any atom is 0.280 e. The molecule has 3 aromatic carbocycles. The smallest absolute Gasteiger partial charge is 0.280 e. The minimum atomic E-state index is -3.44. The van der Waals surface area contributed by atoms with Gasteiger partial charge in [0.25, 0.3) is 5.91 Å². The molecular formula is C33H31N3O5S3. The first kappa shape index (κ1) is 30.1. The summed E-state index contributed by atoms with van der Waals surface area (Å²) in [4.78, 5) is 23.4. The van der Waals surface area contributed by atoms with E-state index in [9.17, 15) is 21.6 Å². The average Bonchev–Trinajstić information content (AvgIpc) is 3.68. The van der Waals surface area contributed by atoms with Gasteiger partial charge in [0.05, 0.1) is 25.7 Å². The van der Waals surface area contributed by atoms with Crippen molar-refractivity contribution in [3.8, 4) is 32.8 Å². The van der Waals surface area contributed by atoms with Crippen molar-refractivity contribution >= 4 is 47.8 Å². The normalized spacial score (nSPS) is 14.1. The summed E-state index contributed by atoms with van der Waals surface area (Å²) in [5, 5.41) is 4.15. The molecule has 5 aromatic rings. The number of carbonyl (C=O) groups excluding carboxylic acids is 1. The van der Waals surface area contributed by atoms with E-state index in [-0.39, 0.29) is 16.8 Å². The van der Waals surface area contributed by atoms with Crippen LogP contribution in [0.2, 0.25) is 0 Å². The van der Waals surface area contributed by atoms with Gasteiger partial charge < -0.3 is 5.32 Å². The first-order valence-electron chi connectivity index (χ1n) is 14.0. The maximum atomic E-state index is 13.1. The molecule has 0 atom stereocenters. The minimum Gasteiger partial charge on any atom is -0.347 e. The molecule has 1 N–H and O–H groups in total. The van der Waals surface area contributed by atoms with E-state index in [0.717, 1.165) is 51.6 Å². The summed E-state index contributed by atoms with van der Waals surface area (Å²) >= 11 is 1.28. The summed E-state index contributed by atoms with van der Waals surface area (Å²) < 4.78 is 48.5. The third-order valence-electron chi connectivity index (χ3n) is 8.05. The third kappa shape index (κ3) is 5.79. The summed E-state index contributed by atoms with van der Waals surface area (Å²) in [5.74, 6) is -0.236. The number of sulfone groups is 2. The van der Waals surface area contributed by atoms with Crippen LogP contribution in [0.15, 0.2) is 83.9 Å². The number of aromatic nitrogens is 2. The van der Waals surface area contributed by atoms with Gasteiger partial charge >= 0.3 is 0 Å². The van der Waals surface area contributed by atoms with Crippen LogP contribution in [0, 0.1) is 0 Å². The Labute approximate surface area is 261 Å². The first-order chi connectivity index (χ1) is 20.7. The van der Waals surface area contributed by atoms with E-state index in [1.54, 1.807) is 44.3 Å². The molecule has 226 valence electrons. The zero-order valence-electron chi connectivity index (χ0n) is 24.7. The second-order valence-corrected chi connectivity index (χ2v) is 17.3. The standard InChI is InChI=1S/C33H31N3O5S3/c1-33(2,44(4,40)41)24-18-22-9-6-16-34-28(22)27(19-24)21-7-5-8-23(17-21)30-29(20-10-14-26(15-11-20)43(3,38)39)36-32(42-30)31(37)35-25-12-13-25/h5-11,14-19,25H,12-13H2,1-4H3,(H,35,37). The summed E-state index contributed by atoms with van der Waals surface area (Å²) in [7, 11) is -6.82. The van der Waals surface area contributed by atoms with Crippen molar-refractivity contribution in [2.24, 2.45) is 0 Å². The van der Waals surface area contributed by atoms with Crippen molar-refractivity contribution in [1.29, 1.82) is 0 Å². The Morgan fingerprint density at radius 1 is 0.886 bits per heavy atom. The van der Waals surface area contributed by atoms with E-state index in [2.05, 4.69) is 10.3 Å². The van der Waals surface area contributed by atoms with Crippen LogP contribution < -0.4 is 5.32 Å². The number of thiazole rings is 1. The monoisotopic (exact) mass is 645 g/mol. The lowest BCUT2D eigenvalue weighted by Crippen LogP contribution is -2.28. The fourth-order valence-electron chi connectivity index (χ4n) is 4.95. The van der Waals surface area contributed by atoms with Gasteiger partial charge in [0, 0.05) is 41.3 Å². The molecule has 0 bridgehead atoms. The van der Waals surface area contributed by atoms with E-state index in [1.165, 1.54) is 17.6 Å². The molecule has 0 saturated heterocycles. The Hall–Kier alpha value is -3.93. The van der Waals surface area contributed by atoms with Gasteiger partial charge in [0.15, 0.2) is 24.7 Å². The van der Waals surface area contributed by atoms with Crippen LogP contribution >= 0.6 is 11.3 Å². The Kier molecular flexibility index (Phi) is 7.46. The lowest BCUT2D eigenvalue weighted by molar-refractivity contribution is 0.0950. The maximum absolute atomic E-state index is 13.1. The van der Waals surface area contributed by atoms with Gasteiger partial charge in [-0.3, -0.25) is 9.78 Å². The molecule has 1 aliphatic rings. The molecule has 1 aliphatic carbocycles. The van der Waals surface area contributed by atoms with Crippen molar-refractivity contribution in [3.63, 3.8) is 0 Å². The van der Waals surface area contributed by atoms with Crippen LogP contribution in [0.3, 0.4) is 0 Å². The number of pyridine rings is 1. The quantitative estimate of drug-likeness (QED) is 0.211. The van der Waals surface area contributed by atoms with Gasteiger partial charge in [0.2, 0.25) is 0 Å². The lowest BCUT2D eigenvalue weighted by atomic mass is 9.92. The number of amides is 1. The predicted octanol–water partition coefficient (Wildman–Crippen LogP) is 6.27. The van der Waals surface area contributed by atoms with Crippen LogP contribution in [-0.4, -0.2) is 51.3 Å². The third-order valence-corrected chi connectivity index (χ3v) is 12.4. The number of fused-ring (bicyclic) bond motifs is 1. The van der Waals surface area contributed by atoms with Crippen molar-refractivity contribution in [2.75, 3.05) is 12.5 Å². The van der Waals surface area contributed by atoms with E-state index in [0.29, 0.717) is 21.8 Å². The Morgan fingerprint density at radius 2 is 1.59 bits per heavy atom. The first-order valence-corrected chi connectivity index (χ1v) is 18.6. The van der Waals surface area contributed by atoms with Crippen LogP contribution in [-0.2, 0) is 24.4 Å². The molecule has 6 rings (SSSR count). The molecule has 2 heterocycles. The Morgan fingerprint density at radius 3 is 2.25 bits per heavy atom. The number of nitrogens with zero attached hydrogens (tertiary/aromatic N) is 2. The molecule has 1 amide bonds. The van der Waals surface area contributed by atoms with Crippen LogP contribution in [0.5, 0.6) is 0 Å². The Balaban J connectivity index is 1.51. The van der Waals surface area contributed by atoms with Crippen molar-refractivity contribution < 1.29 is 21.6 Å². The van der Waals surface area contributed by atoms with Crippen molar-refractivity contribution in [1.82, 2.24) is 15.3 Å². The largest absolute Gasteiger partial charge is 0.347 e. The molecule has 2 aromatic heterocycles. The van der Waals surface area contributed by atoms with Gasteiger partial charge in [-0.15, -0.1) is 11.3 Å². The highest BCUT2D eigenvalue weighted by atomic mass is 32.2. The van der Waals surface area contributed by atoms with E-state index >= 15 is 0 Å². The molecule has 11 heteroatoms. The average molecular weight is 646 g/mol. The van der Waals surface area contributed by atoms with Gasteiger partial charge in [-0.05, 0) is 79.8 Å². The van der Waals surface area contributed by atoms with Crippen LogP contribution in [0.25, 0.3) is 43.7 Å². The zero-order valence-corrected chi connectivity index (χ0v) is 27.1. The lowest BCUT2D eigenvalue weighted by Gasteiger charge is -2.24. The summed E-state index contributed by atoms with van der Waals surface area (Å²) in [6, 6.07) is 22.0. The predicted molar refractivity (Wildman–Crippen MR) is 175 cm³/mol. The molecule has 0 aliphatic heterocycles. The van der Waals surface area contributed by atoms with Gasteiger partial charge in [-0.1, -0.05) is 36.4 Å². The highest BCUT2D eigenvalue weighted by molar-refractivity contribution is 7.91. The van der Waals surface area contributed by atoms with E-state index in [1.807, 2.05) is 48.5 Å². The molecule has 0 spiro atoms. The molecular weight excluding hydrogens is 615 g/mol. The molecule has 44 heavy (non-hydrogen) atoms. The summed E-state index contributed by atoms with van der Waals surface area (Å²) in [6.07, 6.45) is 6.01. The summed E-state index contributed by atoms with van der Waals surface area (Å²) in [5.41, 5.74) is 5.07. The van der Waals surface area contributed by atoms with Crippen molar-refractivity contribution in [2.45, 2.75) is 42.4 Å². The second-order valence-electron chi connectivity index (χ2n) is 11.7. The van der Waals surface area contributed by atoms with E-state index in [4.69, 9.17) is 4.98 Å². The molecule has 1 fully saturated rings. The number of nitrogens with one attached hydrogen (secondary N) is 1. The zero-order chi connectivity index (χ0) is 31.4. The highest BCUT2D eigenvalue weighted by Crippen LogP contribution is 2.41. The van der Waals surface area contributed by atoms with Gasteiger partial charge in [0.1, 0.15) is 0 Å². The van der Waals surface area contributed by atoms with Crippen molar-refractivity contribution in [3.05, 3.63) is 89.6 Å². The van der Waals surface area contributed by atoms with Gasteiger partial charge in [-0.2, -0.15) is 0 Å². The summed E-state index contributed by atoms with van der Waals surface area (Å²) in [6.45, 7) is 3.40. The second kappa shape index (κ2) is 10.9. The highest BCUT2D eigenvalue weighted by Gasteiger charge is 2.33. The van der Waals surface area contributed by atoms with E-state index < -0.39 is 24.4 Å². The SMILES string of the molecule is CC(C)(c1cc(-c2cccc(-c3sc(C(=O)NC4CC4)nc3-c3ccc(S(C)(=O)=O)cc3)c2)c2ncccc2c1)S(C)(=O)=O. The molecule has 0 radical (unpaired) electrons. The number of hydrogen-bond donors (Lipinski definition) is 1. The minimum absolute atomic E-state index is 0.167. The van der Waals surface area contributed by atoms with Crippen LogP contribution in [0.1, 0.15) is 42.1 Å². The molecule has 0 unspecified atom stereocenters. The van der Waals surface area contributed by atoms with Gasteiger partial charge in [-0.25, -0.2) is 21.8 Å². The number of benzene rings is 3. The number of carbonyl (C=O) groups is 1. The fourth-order valence-corrected chi connectivity index (χ4v) is 7.11.